The van der Waals surface area contributed by atoms with Crippen molar-refractivity contribution in [2.75, 3.05) is 39.5 Å². The molecule has 1 aromatic heterocycles. The second-order valence-corrected chi connectivity index (χ2v) is 8.74. The number of benzene rings is 2. The van der Waals surface area contributed by atoms with E-state index < -0.39 is 5.92 Å². The number of likely N-dealkylation sites (tertiary alicyclic amines) is 1. The number of nitrogens with zero attached hydrogens (tertiary/aromatic N) is 2. The van der Waals surface area contributed by atoms with Crippen LogP contribution in [0.15, 0.2) is 40.9 Å². The number of hydrogen-bond donors (Lipinski definition) is 1. The number of ether oxygens (including phenoxy) is 2. The third-order valence-corrected chi connectivity index (χ3v) is 6.57. The van der Waals surface area contributed by atoms with Gasteiger partial charge in [-0.1, -0.05) is 5.16 Å². The van der Waals surface area contributed by atoms with E-state index in [1.54, 1.807) is 24.3 Å². The van der Waals surface area contributed by atoms with Crippen LogP contribution < -0.4 is 9.47 Å². The summed E-state index contributed by atoms with van der Waals surface area (Å²) in [6, 6.07) is 9.84. The number of hydrogen-bond acceptors (Lipinski definition) is 7. The lowest BCUT2D eigenvalue weighted by Gasteiger charge is -2.31. The van der Waals surface area contributed by atoms with Gasteiger partial charge in [-0.15, -0.1) is 0 Å². The fourth-order valence-corrected chi connectivity index (χ4v) is 4.67. The van der Waals surface area contributed by atoms with Crippen LogP contribution in [0, 0.1) is 11.7 Å². The summed E-state index contributed by atoms with van der Waals surface area (Å²) in [5.41, 5.74) is 1.95. The van der Waals surface area contributed by atoms with Gasteiger partial charge in [0.25, 0.3) is 0 Å². The van der Waals surface area contributed by atoms with Crippen molar-refractivity contribution in [3.05, 3.63) is 53.5 Å². The van der Waals surface area contributed by atoms with Gasteiger partial charge in [-0.25, -0.2) is 4.39 Å². The van der Waals surface area contributed by atoms with E-state index in [1.165, 1.54) is 12.1 Å². The second-order valence-electron chi connectivity index (χ2n) is 8.74. The van der Waals surface area contributed by atoms with Crippen molar-refractivity contribution < 1.29 is 28.3 Å². The van der Waals surface area contributed by atoms with E-state index in [1.807, 2.05) is 0 Å². The number of aromatic nitrogens is 1. The average Bonchev–Trinajstić information content (AvgIpc) is 3.25. The number of fused-ring (bicyclic) bond motifs is 2. The maximum Gasteiger partial charge on any atom is 0.175 e. The zero-order chi connectivity index (χ0) is 22.8. The average molecular weight is 454 g/mol. The van der Waals surface area contributed by atoms with Gasteiger partial charge in [-0.3, -0.25) is 4.79 Å². The van der Waals surface area contributed by atoms with Gasteiger partial charge in [0.15, 0.2) is 11.4 Å². The molecule has 174 valence electrons. The Bertz CT molecular complexity index is 1140. The topological polar surface area (TPSA) is 85.0 Å². The molecule has 1 atom stereocenters. The third-order valence-electron chi connectivity index (χ3n) is 6.57. The minimum Gasteiger partial charge on any atom is -0.493 e. The molecule has 1 saturated heterocycles. The Morgan fingerprint density at radius 2 is 2.03 bits per heavy atom. The quantitative estimate of drug-likeness (QED) is 0.544. The van der Waals surface area contributed by atoms with E-state index in [2.05, 4.69) is 10.1 Å². The first-order chi connectivity index (χ1) is 16.1. The van der Waals surface area contributed by atoms with E-state index in [0.29, 0.717) is 35.2 Å². The number of aliphatic hydroxyl groups excluding tert-OH is 1. The van der Waals surface area contributed by atoms with Gasteiger partial charge in [-0.05, 0) is 56.6 Å². The minimum absolute atomic E-state index is 0.0838. The first kappa shape index (κ1) is 21.9. The van der Waals surface area contributed by atoms with Crippen molar-refractivity contribution in [3.63, 3.8) is 0 Å². The highest BCUT2D eigenvalue weighted by Gasteiger charge is 2.28. The Labute approximate surface area is 191 Å². The van der Waals surface area contributed by atoms with E-state index in [4.69, 9.17) is 14.0 Å². The van der Waals surface area contributed by atoms with Crippen LogP contribution in [-0.2, 0) is 0 Å². The van der Waals surface area contributed by atoms with Gasteiger partial charge in [-0.2, -0.15) is 0 Å². The third kappa shape index (κ3) is 4.58. The maximum absolute atomic E-state index is 13.4. The summed E-state index contributed by atoms with van der Waals surface area (Å²) in [6.07, 6.45) is 2.87. The molecule has 1 fully saturated rings. The van der Waals surface area contributed by atoms with Crippen LogP contribution in [0.25, 0.3) is 11.0 Å². The molecule has 8 heteroatoms. The summed E-state index contributed by atoms with van der Waals surface area (Å²) in [6.45, 7) is 3.45. The Morgan fingerprint density at radius 1 is 1.18 bits per heavy atom. The molecular weight excluding hydrogens is 427 g/mol. The highest BCUT2D eigenvalue weighted by molar-refractivity contribution is 6.01. The fourth-order valence-electron chi connectivity index (χ4n) is 4.67. The molecular formula is C25H27FN2O5. The first-order valence-electron chi connectivity index (χ1n) is 11.4. The molecule has 0 spiro atoms. The molecule has 0 aliphatic carbocycles. The van der Waals surface area contributed by atoms with Gasteiger partial charge in [0.1, 0.15) is 23.9 Å². The summed E-state index contributed by atoms with van der Waals surface area (Å²) < 4.78 is 30.2. The van der Waals surface area contributed by atoms with Crippen molar-refractivity contribution in [1.29, 1.82) is 0 Å². The monoisotopic (exact) mass is 454 g/mol. The SMILES string of the molecule is O=C1c2ccc(OCCCN3CCC(c4noc5cc(F)ccc45)CC3)cc2OCC1CO. The molecule has 0 amide bonds. The van der Waals surface area contributed by atoms with Gasteiger partial charge in [0.05, 0.1) is 30.4 Å². The largest absolute Gasteiger partial charge is 0.493 e. The molecule has 3 heterocycles. The van der Waals surface area contributed by atoms with E-state index in [9.17, 15) is 14.3 Å². The molecule has 2 aliphatic heterocycles. The molecule has 1 N–H and O–H groups in total. The van der Waals surface area contributed by atoms with E-state index in [0.717, 1.165) is 50.0 Å². The summed E-state index contributed by atoms with van der Waals surface area (Å²) in [5, 5.41) is 14.4. The van der Waals surface area contributed by atoms with Crippen LogP contribution in [0.1, 0.15) is 41.2 Å². The molecule has 0 saturated carbocycles. The van der Waals surface area contributed by atoms with Gasteiger partial charge >= 0.3 is 0 Å². The molecule has 2 aliphatic rings. The standard InChI is InChI=1S/C25H27FN2O5/c26-18-2-4-20-23(12-18)33-27-24(20)16-6-9-28(10-7-16)8-1-11-31-19-3-5-21-22(13-19)32-15-17(14-29)25(21)30/h2-5,12-13,16-17,29H,1,6-11,14-15H2. The Morgan fingerprint density at radius 3 is 2.85 bits per heavy atom. The van der Waals surface area contributed by atoms with Gasteiger partial charge < -0.3 is 24.0 Å². The van der Waals surface area contributed by atoms with E-state index >= 15 is 0 Å². The highest BCUT2D eigenvalue weighted by Crippen LogP contribution is 2.33. The molecule has 33 heavy (non-hydrogen) atoms. The van der Waals surface area contributed by atoms with E-state index in [-0.39, 0.29) is 24.8 Å². The predicted octanol–water partition coefficient (Wildman–Crippen LogP) is 3.80. The number of rotatable bonds is 7. The molecule has 3 aromatic rings. The van der Waals surface area contributed by atoms with Gasteiger partial charge in [0, 0.05) is 30.0 Å². The maximum atomic E-state index is 13.4. The highest BCUT2D eigenvalue weighted by atomic mass is 19.1. The fraction of sp³-hybridized carbons (Fsp3) is 0.440. The lowest BCUT2D eigenvalue weighted by Crippen LogP contribution is -2.34. The van der Waals surface area contributed by atoms with Crippen molar-refractivity contribution in [1.82, 2.24) is 10.1 Å². The second kappa shape index (κ2) is 9.49. The number of halogens is 1. The number of piperidine rings is 1. The van der Waals surface area contributed by atoms with Crippen LogP contribution in [0.5, 0.6) is 11.5 Å². The van der Waals surface area contributed by atoms with Crippen LogP contribution in [0.3, 0.4) is 0 Å². The summed E-state index contributed by atoms with van der Waals surface area (Å²) in [4.78, 5) is 14.7. The number of aliphatic hydroxyl groups is 1. The summed E-state index contributed by atoms with van der Waals surface area (Å²) >= 11 is 0. The van der Waals surface area contributed by atoms with Crippen molar-refractivity contribution >= 4 is 16.8 Å². The zero-order valence-corrected chi connectivity index (χ0v) is 18.3. The first-order valence-corrected chi connectivity index (χ1v) is 11.4. The van der Waals surface area contributed by atoms with Crippen molar-refractivity contribution in [2.45, 2.75) is 25.2 Å². The number of Topliss-reactive ketones (excluding diaryl/α,β-unsaturated/α-hetero) is 1. The molecule has 2 aromatic carbocycles. The Balaban J connectivity index is 1.07. The van der Waals surface area contributed by atoms with Crippen LogP contribution in [-0.4, -0.2) is 60.4 Å². The van der Waals surface area contributed by atoms with Crippen LogP contribution in [0.4, 0.5) is 4.39 Å². The lowest BCUT2D eigenvalue weighted by atomic mass is 9.91. The molecule has 1 unspecified atom stereocenters. The lowest BCUT2D eigenvalue weighted by molar-refractivity contribution is 0.0737. The molecule has 0 bridgehead atoms. The number of carbonyl (C=O) groups excluding carboxylic acids is 1. The predicted molar refractivity (Wildman–Crippen MR) is 119 cm³/mol. The molecule has 5 rings (SSSR count). The van der Waals surface area contributed by atoms with Crippen LogP contribution >= 0.6 is 0 Å². The van der Waals surface area contributed by atoms with Crippen LogP contribution in [0.2, 0.25) is 0 Å². The zero-order valence-electron chi connectivity index (χ0n) is 18.3. The summed E-state index contributed by atoms with van der Waals surface area (Å²) in [5.74, 6) is 0.644. The van der Waals surface area contributed by atoms with Crippen molar-refractivity contribution in [2.24, 2.45) is 5.92 Å². The normalized spacial score (nSPS) is 19.5. The number of ketones is 1. The molecule has 7 nitrogen and oxygen atoms in total. The van der Waals surface area contributed by atoms with Gasteiger partial charge in [0.2, 0.25) is 0 Å². The Kier molecular flexibility index (Phi) is 6.28. The van der Waals surface area contributed by atoms with Crippen molar-refractivity contribution in [3.8, 4) is 11.5 Å². The summed E-state index contributed by atoms with van der Waals surface area (Å²) in [7, 11) is 0. The smallest absolute Gasteiger partial charge is 0.175 e. The molecule has 0 radical (unpaired) electrons. The number of carbonyl (C=O) groups is 1. The minimum atomic E-state index is -0.487. The Hall–Kier alpha value is -2.97.